The van der Waals surface area contributed by atoms with Crippen LogP contribution in [0.5, 0.6) is 0 Å². The predicted molar refractivity (Wildman–Crippen MR) is 126 cm³/mol. The number of aromatic nitrogens is 3. The molecule has 0 atom stereocenters. The van der Waals surface area contributed by atoms with E-state index in [1.807, 2.05) is 0 Å². The van der Waals surface area contributed by atoms with Crippen molar-refractivity contribution in [2.75, 3.05) is 20.1 Å². The zero-order chi connectivity index (χ0) is 21.4. The number of piperidine rings is 1. The van der Waals surface area contributed by atoms with Gasteiger partial charge in [0.25, 0.3) is 0 Å². The number of aryl methyl sites for hydroxylation is 2. The molecule has 2 aromatic heterocycles. The molecule has 0 saturated carbocycles. The van der Waals surface area contributed by atoms with Crippen LogP contribution in [0.25, 0.3) is 33.3 Å². The topological polar surface area (TPSA) is 36.9 Å². The molecular weight excluding hydrogens is 387 g/mol. The number of hydrogen-bond donors (Lipinski definition) is 1. The van der Waals surface area contributed by atoms with Crippen LogP contribution in [0.1, 0.15) is 37.7 Å². The average molecular weight is 419 g/mol. The van der Waals surface area contributed by atoms with E-state index in [0.717, 1.165) is 29.4 Å². The SMILES string of the molecule is Cc1c(F)ccc2[nH]c(-c3ccc4ccn(CCCCC5CCN(C)CC5)c4c3)nc12. The highest BCUT2D eigenvalue weighted by Gasteiger charge is 2.16. The van der Waals surface area contributed by atoms with Gasteiger partial charge in [0.2, 0.25) is 0 Å². The fourth-order valence-electron chi connectivity index (χ4n) is 4.92. The molecule has 2 aromatic carbocycles. The number of likely N-dealkylation sites (tertiary alicyclic amines) is 1. The molecule has 5 rings (SSSR count). The van der Waals surface area contributed by atoms with Gasteiger partial charge in [0.05, 0.1) is 11.0 Å². The minimum absolute atomic E-state index is 0.213. The van der Waals surface area contributed by atoms with Gasteiger partial charge in [-0.15, -0.1) is 0 Å². The maximum Gasteiger partial charge on any atom is 0.138 e. The normalized spacial score (nSPS) is 16.0. The summed E-state index contributed by atoms with van der Waals surface area (Å²) in [7, 11) is 2.23. The van der Waals surface area contributed by atoms with Gasteiger partial charge in [0.1, 0.15) is 11.6 Å². The number of H-pyrrole nitrogens is 1. The molecule has 1 fully saturated rings. The van der Waals surface area contributed by atoms with E-state index in [4.69, 9.17) is 0 Å². The Morgan fingerprint density at radius 3 is 2.77 bits per heavy atom. The second-order valence-corrected chi connectivity index (χ2v) is 9.18. The van der Waals surface area contributed by atoms with Gasteiger partial charge in [-0.05, 0) is 81.9 Å². The minimum Gasteiger partial charge on any atom is -0.347 e. The first-order valence-corrected chi connectivity index (χ1v) is 11.5. The maximum atomic E-state index is 13.9. The van der Waals surface area contributed by atoms with Gasteiger partial charge >= 0.3 is 0 Å². The van der Waals surface area contributed by atoms with E-state index >= 15 is 0 Å². The molecule has 0 spiro atoms. The number of halogens is 1. The van der Waals surface area contributed by atoms with E-state index in [1.54, 1.807) is 13.0 Å². The molecule has 1 aliphatic rings. The number of benzene rings is 2. The van der Waals surface area contributed by atoms with Crippen molar-refractivity contribution in [2.45, 2.75) is 45.6 Å². The van der Waals surface area contributed by atoms with Gasteiger partial charge in [-0.25, -0.2) is 9.37 Å². The molecule has 1 saturated heterocycles. The van der Waals surface area contributed by atoms with Gasteiger partial charge in [0, 0.05) is 29.4 Å². The summed E-state index contributed by atoms with van der Waals surface area (Å²) in [6.07, 6.45) is 8.77. The van der Waals surface area contributed by atoms with E-state index in [2.05, 4.69) is 56.9 Å². The predicted octanol–water partition coefficient (Wildman–Crippen LogP) is 6.14. The molecule has 3 heterocycles. The lowest BCUT2D eigenvalue weighted by molar-refractivity contribution is 0.209. The summed E-state index contributed by atoms with van der Waals surface area (Å²) in [5.74, 6) is 1.49. The standard InChI is InChI=1S/C26H31FN4/c1-18-22(27)8-9-23-25(18)29-26(28-23)21-7-6-20-12-16-31(24(20)17-21)13-4-3-5-19-10-14-30(2)15-11-19/h6-9,12,16-17,19H,3-5,10-11,13-15H2,1-2H3,(H,28,29). The molecule has 1 N–H and O–H groups in total. The lowest BCUT2D eigenvalue weighted by Crippen LogP contribution is -2.30. The first-order chi connectivity index (χ1) is 15.1. The second-order valence-electron chi connectivity index (χ2n) is 9.18. The van der Waals surface area contributed by atoms with Crippen molar-refractivity contribution in [1.29, 1.82) is 0 Å². The smallest absolute Gasteiger partial charge is 0.138 e. The Balaban J connectivity index is 1.30. The highest BCUT2D eigenvalue weighted by Crippen LogP contribution is 2.28. The molecule has 1 aliphatic heterocycles. The van der Waals surface area contributed by atoms with Crippen molar-refractivity contribution < 1.29 is 4.39 Å². The Morgan fingerprint density at radius 2 is 1.94 bits per heavy atom. The first kappa shape index (κ1) is 20.3. The van der Waals surface area contributed by atoms with Crippen LogP contribution >= 0.6 is 0 Å². The van der Waals surface area contributed by atoms with E-state index in [1.165, 1.54) is 62.2 Å². The lowest BCUT2D eigenvalue weighted by Gasteiger charge is -2.28. The van der Waals surface area contributed by atoms with Crippen LogP contribution in [0, 0.1) is 18.7 Å². The molecule has 4 nitrogen and oxygen atoms in total. The van der Waals surface area contributed by atoms with E-state index in [9.17, 15) is 4.39 Å². The zero-order valence-corrected chi connectivity index (χ0v) is 18.5. The van der Waals surface area contributed by atoms with Crippen molar-refractivity contribution in [3.8, 4) is 11.4 Å². The fourth-order valence-corrected chi connectivity index (χ4v) is 4.92. The van der Waals surface area contributed by atoms with Gasteiger partial charge in [-0.3, -0.25) is 0 Å². The first-order valence-electron chi connectivity index (χ1n) is 11.5. The molecule has 0 unspecified atom stereocenters. The second kappa shape index (κ2) is 8.46. The monoisotopic (exact) mass is 418 g/mol. The number of imidazole rings is 1. The highest BCUT2D eigenvalue weighted by molar-refractivity contribution is 5.87. The van der Waals surface area contributed by atoms with E-state index in [0.29, 0.717) is 11.1 Å². The molecule has 0 radical (unpaired) electrons. The molecular formula is C26H31FN4. The van der Waals surface area contributed by atoms with Crippen LogP contribution in [-0.4, -0.2) is 39.6 Å². The molecule has 5 heteroatoms. The van der Waals surface area contributed by atoms with Crippen molar-refractivity contribution in [1.82, 2.24) is 19.4 Å². The third kappa shape index (κ3) is 4.11. The highest BCUT2D eigenvalue weighted by atomic mass is 19.1. The number of nitrogens with zero attached hydrogens (tertiary/aromatic N) is 3. The minimum atomic E-state index is -0.213. The summed E-state index contributed by atoms with van der Waals surface area (Å²) < 4.78 is 16.3. The van der Waals surface area contributed by atoms with Crippen LogP contribution < -0.4 is 0 Å². The summed E-state index contributed by atoms with van der Waals surface area (Å²) in [5.41, 5.74) is 4.45. The van der Waals surface area contributed by atoms with Crippen molar-refractivity contribution in [3.63, 3.8) is 0 Å². The molecule has 4 aromatic rings. The molecule has 0 bridgehead atoms. The van der Waals surface area contributed by atoms with Crippen molar-refractivity contribution >= 4 is 21.9 Å². The summed E-state index contributed by atoms with van der Waals surface area (Å²) >= 11 is 0. The van der Waals surface area contributed by atoms with Crippen molar-refractivity contribution in [2.24, 2.45) is 5.92 Å². The van der Waals surface area contributed by atoms with Crippen molar-refractivity contribution in [3.05, 3.63) is 54.0 Å². The Labute approximate surface area is 183 Å². The van der Waals surface area contributed by atoms with E-state index < -0.39 is 0 Å². The number of nitrogens with one attached hydrogen (secondary N) is 1. The maximum absolute atomic E-state index is 13.9. The summed E-state index contributed by atoms with van der Waals surface area (Å²) in [4.78, 5) is 10.5. The Morgan fingerprint density at radius 1 is 1.10 bits per heavy atom. The average Bonchev–Trinajstić information content (AvgIpc) is 3.39. The Bertz CT molecular complexity index is 1200. The van der Waals surface area contributed by atoms with Gasteiger partial charge in [-0.1, -0.05) is 25.0 Å². The van der Waals surface area contributed by atoms with Crippen LogP contribution in [-0.2, 0) is 6.54 Å². The molecule has 0 aliphatic carbocycles. The molecule has 31 heavy (non-hydrogen) atoms. The third-order valence-electron chi connectivity index (χ3n) is 6.99. The lowest BCUT2D eigenvalue weighted by atomic mass is 9.92. The van der Waals surface area contributed by atoms with Gasteiger partial charge < -0.3 is 14.5 Å². The number of aromatic amines is 1. The number of rotatable bonds is 6. The Kier molecular flexibility index (Phi) is 5.53. The van der Waals surface area contributed by atoms with Gasteiger partial charge in [0.15, 0.2) is 0 Å². The van der Waals surface area contributed by atoms with Gasteiger partial charge in [-0.2, -0.15) is 0 Å². The summed E-state index contributed by atoms with van der Waals surface area (Å²) in [6, 6.07) is 11.9. The molecule has 162 valence electrons. The number of hydrogen-bond acceptors (Lipinski definition) is 2. The summed E-state index contributed by atoms with van der Waals surface area (Å²) in [5, 5.41) is 1.25. The number of fused-ring (bicyclic) bond motifs is 2. The quantitative estimate of drug-likeness (QED) is 0.382. The zero-order valence-electron chi connectivity index (χ0n) is 18.5. The summed E-state index contributed by atoms with van der Waals surface area (Å²) in [6.45, 7) is 5.33. The largest absolute Gasteiger partial charge is 0.347 e. The van der Waals surface area contributed by atoms with Crippen LogP contribution in [0.15, 0.2) is 42.6 Å². The van der Waals surface area contributed by atoms with E-state index in [-0.39, 0.29) is 5.82 Å². The van der Waals surface area contributed by atoms with Crippen LogP contribution in [0.3, 0.4) is 0 Å². The molecule has 0 amide bonds. The van der Waals surface area contributed by atoms with Crippen LogP contribution in [0.4, 0.5) is 4.39 Å². The Hall–Kier alpha value is -2.66. The number of unbranched alkanes of at least 4 members (excludes halogenated alkanes) is 1. The third-order valence-corrected chi connectivity index (χ3v) is 6.99. The van der Waals surface area contributed by atoms with Crippen LogP contribution in [0.2, 0.25) is 0 Å². The fraction of sp³-hybridized carbons (Fsp3) is 0.423.